The molecule has 1 aliphatic rings. The Morgan fingerprint density at radius 1 is 1.19 bits per heavy atom. The van der Waals surface area contributed by atoms with Gasteiger partial charge >= 0.3 is 0 Å². The smallest absolute Gasteiger partial charge is 0.236 e. The second-order valence-corrected chi connectivity index (χ2v) is 10.1. The summed E-state index contributed by atoms with van der Waals surface area (Å²) in [5.74, 6) is 0.373. The van der Waals surface area contributed by atoms with Gasteiger partial charge in [0.15, 0.2) is 5.13 Å². The molecular weight excluding hydrogens is 434 g/mol. The number of sulfonamides is 1. The molecule has 0 unspecified atom stereocenters. The minimum Gasteiger partial charge on any atom is -0.497 e. The van der Waals surface area contributed by atoms with Gasteiger partial charge < -0.3 is 10.1 Å². The number of aromatic nitrogens is 1. The highest BCUT2D eigenvalue weighted by atomic mass is 32.2. The maximum absolute atomic E-state index is 12.7. The lowest BCUT2D eigenvalue weighted by atomic mass is 9.97. The molecule has 1 aromatic heterocycles. The summed E-state index contributed by atoms with van der Waals surface area (Å²) in [4.78, 5) is 17.1. The molecule has 1 fully saturated rings. The van der Waals surface area contributed by atoms with Gasteiger partial charge in [-0.05, 0) is 42.7 Å². The number of piperidine rings is 1. The number of anilines is 1. The molecule has 4 rings (SSSR count). The first kappa shape index (κ1) is 21.5. The predicted molar refractivity (Wildman–Crippen MR) is 123 cm³/mol. The van der Waals surface area contributed by atoms with E-state index in [0.717, 1.165) is 21.5 Å². The van der Waals surface area contributed by atoms with Crippen molar-refractivity contribution in [3.05, 3.63) is 59.5 Å². The Hall–Kier alpha value is -2.75. The minimum absolute atomic E-state index is 0.122. The van der Waals surface area contributed by atoms with Crippen LogP contribution >= 0.6 is 11.3 Å². The number of hydrogen-bond acceptors (Lipinski definition) is 6. The monoisotopic (exact) mass is 457 g/mol. The van der Waals surface area contributed by atoms with Gasteiger partial charge in [-0.1, -0.05) is 41.7 Å². The van der Waals surface area contributed by atoms with Crippen molar-refractivity contribution in [2.24, 2.45) is 5.92 Å². The Morgan fingerprint density at radius 2 is 1.94 bits per heavy atom. The van der Waals surface area contributed by atoms with E-state index >= 15 is 0 Å². The quantitative estimate of drug-likeness (QED) is 0.605. The molecule has 1 aliphatic heterocycles. The van der Waals surface area contributed by atoms with Crippen LogP contribution in [0.15, 0.2) is 53.9 Å². The lowest BCUT2D eigenvalue weighted by Crippen LogP contribution is -2.40. The second kappa shape index (κ2) is 9.17. The van der Waals surface area contributed by atoms with Gasteiger partial charge in [0, 0.05) is 24.4 Å². The summed E-state index contributed by atoms with van der Waals surface area (Å²) >= 11 is 1.39. The second-order valence-electron chi connectivity index (χ2n) is 7.27. The number of thiazole rings is 1. The Bertz CT molecular complexity index is 1200. The highest BCUT2D eigenvalue weighted by molar-refractivity contribution is 7.92. The number of fused-ring (bicyclic) bond motifs is 1. The number of amides is 1. The van der Waals surface area contributed by atoms with Crippen molar-refractivity contribution >= 4 is 48.7 Å². The topological polar surface area (TPSA) is 88.6 Å². The fourth-order valence-electron chi connectivity index (χ4n) is 3.48. The van der Waals surface area contributed by atoms with Crippen molar-refractivity contribution < 1.29 is 17.9 Å². The van der Waals surface area contributed by atoms with E-state index in [9.17, 15) is 13.2 Å². The Balaban J connectivity index is 1.35. The van der Waals surface area contributed by atoms with E-state index in [-0.39, 0.29) is 11.8 Å². The van der Waals surface area contributed by atoms with Gasteiger partial charge in [0.1, 0.15) is 5.75 Å². The number of benzene rings is 2. The lowest BCUT2D eigenvalue weighted by molar-refractivity contribution is -0.120. The summed E-state index contributed by atoms with van der Waals surface area (Å²) < 4.78 is 32.8. The summed E-state index contributed by atoms with van der Waals surface area (Å²) in [7, 11) is -1.91. The lowest BCUT2D eigenvalue weighted by Gasteiger charge is -2.29. The highest BCUT2D eigenvalue weighted by Crippen LogP contribution is 2.30. The van der Waals surface area contributed by atoms with E-state index in [1.54, 1.807) is 13.2 Å². The summed E-state index contributed by atoms with van der Waals surface area (Å²) in [5, 5.41) is 4.65. The number of hydrogen-bond donors (Lipinski definition) is 1. The van der Waals surface area contributed by atoms with E-state index in [2.05, 4.69) is 10.3 Å². The molecule has 0 spiro atoms. The third-order valence-electron chi connectivity index (χ3n) is 5.24. The predicted octanol–water partition coefficient (Wildman–Crippen LogP) is 3.96. The summed E-state index contributed by atoms with van der Waals surface area (Å²) in [6, 6.07) is 14.9. The van der Waals surface area contributed by atoms with Gasteiger partial charge in [-0.25, -0.2) is 13.4 Å². The SMILES string of the molecule is COc1ccc2nc(NC(=O)C3CCN(S(=O)(=O)C=Cc4ccccc4)CC3)sc2c1. The average Bonchev–Trinajstić information content (AvgIpc) is 3.20. The van der Waals surface area contributed by atoms with Crippen LogP contribution in [0.5, 0.6) is 5.75 Å². The van der Waals surface area contributed by atoms with E-state index in [4.69, 9.17) is 4.74 Å². The van der Waals surface area contributed by atoms with Crippen LogP contribution in [-0.2, 0) is 14.8 Å². The van der Waals surface area contributed by atoms with Crippen LogP contribution in [0.25, 0.3) is 16.3 Å². The van der Waals surface area contributed by atoms with E-state index in [1.807, 2.05) is 48.5 Å². The number of methoxy groups -OCH3 is 1. The number of nitrogens with zero attached hydrogens (tertiary/aromatic N) is 2. The molecule has 7 nitrogen and oxygen atoms in total. The zero-order chi connectivity index (χ0) is 21.8. The molecule has 2 aromatic carbocycles. The van der Waals surface area contributed by atoms with Crippen molar-refractivity contribution in [2.75, 3.05) is 25.5 Å². The van der Waals surface area contributed by atoms with Gasteiger partial charge in [0.2, 0.25) is 15.9 Å². The molecule has 1 amide bonds. The molecule has 0 bridgehead atoms. The molecule has 2 heterocycles. The molecule has 1 saturated heterocycles. The summed E-state index contributed by atoms with van der Waals surface area (Å²) in [6.07, 6.45) is 2.54. The Labute approximate surface area is 185 Å². The number of ether oxygens (including phenoxy) is 1. The largest absolute Gasteiger partial charge is 0.497 e. The van der Waals surface area contributed by atoms with Crippen molar-refractivity contribution in [2.45, 2.75) is 12.8 Å². The van der Waals surface area contributed by atoms with E-state index in [1.165, 1.54) is 21.1 Å². The Kier molecular flexibility index (Phi) is 6.35. The first-order chi connectivity index (χ1) is 14.9. The van der Waals surface area contributed by atoms with Crippen molar-refractivity contribution in [1.29, 1.82) is 0 Å². The van der Waals surface area contributed by atoms with Gasteiger partial charge in [0.25, 0.3) is 0 Å². The van der Waals surface area contributed by atoms with Crippen LogP contribution in [0, 0.1) is 5.92 Å². The minimum atomic E-state index is -3.51. The van der Waals surface area contributed by atoms with Crippen molar-refractivity contribution in [1.82, 2.24) is 9.29 Å². The molecule has 0 atom stereocenters. The Morgan fingerprint density at radius 3 is 2.65 bits per heavy atom. The molecule has 1 N–H and O–H groups in total. The zero-order valence-electron chi connectivity index (χ0n) is 17.0. The molecule has 31 heavy (non-hydrogen) atoms. The fourth-order valence-corrected chi connectivity index (χ4v) is 5.60. The zero-order valence-corrected chi connectivity index (χ0v) is 18.7. The van der Waals surface area contributed by atoms with Crippen LogP contribution in [0.4, 0.5) is 5.13 Å². The molecule has 0 radical (unpaired) electrons. The van der Waals surface area contributed by atoms with Gasteiger partial charge in [-0.3, -0.25) is 4.79 Å². The van der Waals surface area contributed by atoms with Gasteiger partial charge in [0.05, 0.1) is 17.3 Å². The number of carbonyl (C=O) groups is 1. The normalized spacial score (nSPS) is 16.0. The first-order valence-electron chi connectivity index (χ1n) is 9.93. The average molecular weight is 458 g/mol. The van der Waals surface area contributed by atoms with Gasteiger partial charge in [-0.15, -0.1) is 0 Å². The number of rotatable bonds is 6. The van der Waals surface area contributed by atoms with Gasteiger partial charge in [-0.2, -0.15) is 4.31 Å². The highest BCUT2D eigenvalue weighted by Gasteiger charge is 2.30. The van der Waals surface area contributed by atoms with Crippen LogP contribution in [0.3, 0.4) is 0 Å². The molecule has 3 aromatic rings. The van der Waals surface area contributed by atoms with E-state index < -0.39 is 10.0 Å². The van der Waals surface area contributed by atoms with Crippen LogP contribution < -0.4 is 10.1 Å². The molecule has 0 saturated carbocycles. The molecular formula is C22H23N3O4S2. The summed E-state index contributed by atoms with van der Waals surface area (Å²) in [5.41, 5.74) is 1.63. The third-order valence-corrected chi connectivity index (χ3v) is 7.74. The molecule has 9 heteroatoms. The molecule has 0 aliphatic carbocycles. The number of carbonyl (C=O) groups excluding carboxylic acids is 1. The third kappa shape index (κ3) is 5.12. The van der Waals surface area contributed by atoms with Crippen LogP contribution in [0.2, 0.25) is 0 Å². The van der Waals surface area contributed by atoms with Crippen molar-refractivity contribution in [3.8, 4) is 5.75 Å². The summed E-state index contributed by atoms with van der Waals surface area (Å²) in [6.45, 7) is 0.632. The van der Waals surface area contributed by atoms with Crippen LogP contribution in [0.1, 0.15) is 18.4 Å². The molecule has 162 valence electrons. The van der Waals surface area contributed by atoms with Crippen molar-refractivity contribution in [3.63, 3.8) is 0 Å². The number of nitrogens with one attached hydrogen (secondary N) is 1. The fraction of sp³-hybridized carbons (Fsp3) is 0.273. The maximum Gasteiger partial charge on any atom is 0.236 e. The first-order valence-corrected chi connectivity index (χ1v) is 12.3. The standard InChI is InChI=1S/C22H23N3O4S2/c1-29-18-7-8-19-20(15-18)30-22(23-19)24-21(26)17-9-12-25(13-10-17)31(27,28)14-11-16-5-3-2-4-6-16/h2-8,11,14-15,17H,9-10,12-13H2,1H3,(H,23,24,26). The van der Waals surface area contributed by atoms with Crippen LogP contribution in [-0.4, -0.2) is 43.8 Å². The maximum atomic E-state index is 12.7. The van der Waals surface area contributed by atoms with E-state index in [0.29, 0.717) is 31.1 Å².